The summed E-state index contributed by atoms with van der Waals surface area (Å²) in [6.07, 6.45) is 7.76. The van der Waals surface area contributed by atoms with Gasteiger partial charge >= 0.3 is 0 Å². The summed E-state index contributed by atoms with van der Waals surface area (Å²) >= 11 is 0. The lowest BCUT2D eigenvalue weighted by Gasteiger charge is -2.12. The highest BCUT2D eigenvalue weighted by molar-refractivity contribution is 6.69. The van der Waals surface area contributed by atoms with E-state index in [1.165, 1.54) is 36.1 Å². The molecule has 2 atom stereocenters. The molecule has 0 saturated heterocycles. The molecule has 1 aromatic rings. The lowest BCUT2D eigenvalue weighted by Crippen LogP contribution is -2.26. The van der Waals surface area contributed by atoms with E-state index < -0.39 is 8.80 Å². The fourth-order valence-electron chi connectivity index (χ4n) is 3.25. The van der Waals surface area contributed by atoms with Crippen LogP contribution in [-0.2, 0) is 6.42 Å². The molecule has 2 aliphatic rings. The van der Waals surface area contributed by atoms with E-state index in [9.17, 15) is 0 Å². The maximum atomic E-state index is 4.90. The molecule has 0 amide bonds. The molecule has 2 bridgehead atoms. The predicted octanol–water partition coefficient (Wildman–Crippen LogP) is 2.75. The third-order valence-electron chi connectivity index (χ3n) is 4.21. The van der Waals surface area contributed by atoms with Crippen molar-refractivity contribution in [2.45, 2.75) is 45.7 Å². The molecule has 1 heterocycles. The Morgan fingerprint density at radius 1 is 1.41 bits per heavy atom. The lowest BCUT2D eigenvalue weighted by atomic mass is 9.94. The van der Waals surface area contributed by atoms with E-state index in [0.29, 0.717) is 0 Å². The van der Waals surface area contributed by atoms with Gasteiger partial charge in [-0.3, -0.25) is 0 Å². The van der Waals surface area contributed by atoms with Crippen molar-refractivity contribution < 1.29 is 0 Å². The van der Waals surface area contributed by atoms with Crippen LogP contribution in [0, 0.1) is 11.8 Å². The minimum Gasteiger partial charge on any atom is -0.350 e. The van der Waals surface area contributed by atoms with Gasteiger partial charge in [0.25, 0.3) is 0 Å². The highest BCUT2D eigenvalue weighted by Gasteiger charge is 2.35. The Morgan fingerprint density at radius 2 is 2.24 bits per heavy atom. The Kier molecular flexibility index (Phi) is 2.73. The predicted molar refractivity (Wildman–Crippen MR) is 73.9 cm³/mol. The zero-order valence-electron chi connectivity index (χ0n) is 11.0. The minimum absolute atomic E-state index is 0.459. The Hall–Kier alpha value is -0.833. The van der Waals surface area contributed by atoms with Crippen LogP contribution in [0.5, 0.6) is 0 Å². The summed E-state index contributed by atoms with van der Waals surface area (Å²) in [5.74, 6) is 1.67. The van der Waals surface area contributed by atoms with Crippen LogP contribution in [0.2, 0.25) is 13.1 Å². The van der Waals surface area contributed by atoms with Crippen LogP contribution in [0.15, 0.2) is 6.08 Å². The molecule has 1 saturated carbocycles. The van der Waals surface area contributed by atoms with Gasteiger partial charge in [-0.15, -0.1) is 0 Å². The maximum Gasteiger partial charge on any atom is 0.127 e. The number of imidazole rings is 1. The van der Waals surface area contributed by atoms with Crippen LogP contribution in [0.4, 0.5) is 0 Å². The minimum atomic E-state index is -0.459. The van der Waals surface area contributed by atoms with Crippen molar-refractivity contribution in [1.82, 2.24) is 9.97 Å². The van der Waals surface area contributed by atoms with E-state index in [1.54, 1.807) is 5.57 Å². The zero-order chi connectivity index (χ0) is 12.0. The van der Waals surface area contributed by atoms with Crippen molar-refractivity contribution in [3.8, 4) is 0 Å². The van der Waals surface area contributed by atoms with Crippen molar-refractivity contribution in [3.05, 3.63) is 17.5 Å². The number of aryl methyl sites for hydroxylation is 1. The summed E-state index contributed by atoms with van der Waals surface area (Å²) in [6.45, 7) is 6.84. The Labute approximate surface area is 105 Å². The van der Waals surface area contributed by atoms with E-state index in [-0.39, 0.29) is 0 Å². The third kappa shape index (κ3) is 1.81. The van der Waals surface area contributed by atoms with Crippen LogP contribution in [0.1, 0.15) is 37.6 Å². The van der Waals surface area contributed by atoms with Gasteiger partial charge < -0.3 is 4.98 Å². The zero-order valence-corrected chi connectivity index (χ0v) is 12.0. The fraction of sp³-hybridized carbons (Fsp3) is 0.643. The van der Waals surface area contributed by atoms with Crippen LogP contribution in [-0.4, -0.2) is 18.8 Å². The molecular formula is C14H21N2Si. The van der Waals surface area contributed by atoms with Crippen LogP contribution in [0.3, 0.4) is 0 Å². The van der Waals surface area contributed by atoms with E-state index in [0.717, 1.165) is 18.3 Å². The fourth-order valence-corrected chi connectivity index (χ4v) is 3.99. The van der Waals surface area contributed by atoms with Gasteiger partial charge in [-0.2, -0.15) is 0 Å². The number of H-pyrrole nitrogens is 1. The van der Waals surface area contributed by atoms with Gasteiger partial charge in [-0.25, -0.2) is 4.98 Å². The van der Waals surface area contributed by atoms with Crippen LogP contribution >= 0.6 is 0 Å². The Bertz CT molecular complexity index is 459. The van der Waals surface area contributed by atoms with Gasteiger partial charge in [0.2, 0.25) is 0 Å². The smallest absolute Gasteiger partial charge is 0.127 e. The number of nitrogens with zero attached hydrogens (tertiary/aromatic N) is 1. The second kappa shape index (κ2) is 4.12. The molecule has 17 heavy (non-hydrogen) atoms. The number of rotatable bonds is 3. The van der Waals surface area contributed by atoms with Gasteiger partial charge in [0.15, 0.2) is 0 Å². The summed E-state index contributed by atoms with van der Waals surface area (Å²) in [6, 6.07) is 0. The normalized spacial score (nSPS) is 26.9. The van der Waals surface area contributed by atoms with Crippen LogP contribution in [0.25, 0.3) is 5.57 Å². The van der Waals surface area contributed by atoms with Crippen molar-refractivity contribution in [3.63, 3.8) is 0 Å². The average Bonchev–Trinajstić information content (AvgIpc) is 3.02. The second-order valence-corrected chi connectivity index (χ2v) is 8.13. The molecular weight excluding hydrogens is 224 g/mol. The lowest BCUT2D eigenvalue weighted by molar-refractivity contribution is 0.694. The first-order valence-corrected chi connectivity index (χ1v) is 9.30. The molecule has 2 unspecified atom stereocenters. The first kappa shape index (κ1) is 11.3. The molecule has 3 rings (SSSR count). The summed E-state index contributed by atoms with van der Waals surface area (Å²) in [5.41, 5.74) is 5.49. The molecule has 3 heteroatoms. The van der Waals surface area contributed by atoms with E-state index >= 15 is 0 Å². The van der Waals surface area contributed by atoms with E-state index in [2.05, 4.69) is 31.1 Å². The molecule has 0 spiro atoms. The molecule has 2 aliphatic carbocycles. The molecule has 1 N–H and O–H groups in total. The van der Waals surface area contributed by atoms with Gasteiger partial charge in [0.05, 0.1) is 11.1 Å². The van der Waals surface area contributed by atoms with Gasteiger partial charge in [-0.1, -0.05) is 26.1 Å². The van der Waals surface area contributed by atoms with Crippen molar-refractivity contribution in [2.75, 3.05) is 0 Å². The molecule has 1 aromatic heterocycles. The van der Waals surface area contributed by atoms with Crippen LogP contribution < -0.4 is 5.45 Å². The number of fused-ring (bicyclic) bond motifs is 2. The SMILES string of the molecule is CCc1[nH]c([Si](C)C)nc1C1=CC2CCC1C2. The molecule has 1 fully saturated rings. The average molecular weight is 245 g/mol. The van der Waals surface area contributed by atoms with Crippen molar-refractivity contribution >= 4 is 19.8 Å². The number of hydrogen-bond acceptors (Lipinski definition) is 1. The molecule has 0 aliphatic heterocycles. The summed E-state index contributed by atoms with van der Waals surface area (Å²) in [5, 5.41) is 0. The van der Waals surface area contributed by atoms with Gasteiger partial charge in [-0.05, 0) is 43.1 Å². The monoisotopic (exact) mass is 245 g/mol. The summed E-state index contributed by atoms with van der Waals surface area (Å²) < 4.78 is 0. The molecule has 2 nitrogen and oxygen atoms in total. The standard InChI is InChI=1S/C14H21N2Si/c1-4-12-13(16-14(15-12)17(2)3)11-8-9-5-6-10(11)7-9/h8-10H,4-7H2,1-3H3,(H,15,16). The number of nitrogens with one attached hydrogen (secondary N) is 1. The second-order valence-electron chi connectivity index (χ2n) is 5.66. The third-order valence-corrected chi connectivity index (χ3v) is 5.39. The van der Waals surface area contributed by atoms with E-state index in [4.69, 9.17) is 4.98 Å². The summed E-state index contributed by atoms with van der Waals surface area (Å²) in [7, 11) is -0.459. The van der Waals surface area contributed by atoms with Crippen molar-refractivity contribution in [2.24, 2.45) is 11.8 Å². The largest absolute Gasteiger partial charge is 0.350 e. The van der Waals surface area contributed by atoms with Crippen molar-refractivity contribution in [1.29, 1.82) is 0 Å². The highest BCUT2D eigenvalue weighted by Crippen LogP contribution is 2.47. The maximum absolute atomic E-state index is 4.90. The molecule has 91 valence electrons. The number of allylic oxidation sites excluding steroid dienone is 2. The molecule has 0 aromatic carbocycles. The first-order valence-electron chi connectivity index (χ1n) is 6.80. The van der Waals surface area contributed by atoms with Gasteiger partial charge in [0.1, 0.15) is 8.80 Å². The number of aromatic amines is 1. The first-order chi connectivity index (χ1) is 8.19. The topological polar surface area (TPSA) is 28.7 Å². The molecule has 1 radical (unpaired) electrons. The van der Waals surface area contributed by atoms with Gasteiger partial charge in [0, 0.05) is 5.69 Å². The number of aromatic nitrogens is 2. The Morgan fingerprint density at radius 3 is 2.76 bits per heavy atom. The summed E-state index contributed by atoms with van der Waals surface area (Å²) in [4.78, 5) is 8.46. The number of hydrogen-bond donors (Lipinski definition) is 1. The quantitative estimate of drug-likeness (QED) is 0.815. The highest BCUT2D eigenvalue weighted by atomic mass is 28.3. The van der Waals surface area contributed by atoms with E-state index in [1.807, 2.05) is 0 Å². The Balaban J connectivity index is 2.00.